The van der Waals surface area contributed by atoms with Gasteiger partial charge in [0, 0.05) is 0 Å². The standard InChI is InChI=1S/C18H18O2S2/c1-17(13-19,15-9-5-3-6-10-15)21-22-18(2,14-20)16-11-7-4-8-12-16/h3-14H,1-2H3. The fourth-order valence-corrected chi connectivity index (χ4v) is 4.72. The first-order valence-electron chi connectivity index (χ1n) is 6.95. The van der Waals surface area contributed by atoms with Crippen LogP contribution in [0.25, 0.3) is 0 Å². The van der Waals surface area contributed by atoms with Crippen molar-refractivity contribution in [2.75, 3.05) is 0 Å². The molecular formula is C18H18O2S2. The molecule has 2 aromatic carbocycles. The molecule has 2 unspecified atom stereocenters. The highest BCUT2D eigenvalue weighted by Gasteiger charge is 2.34. The maximum Gasteiger partial charge on any atom is 0.141 e. The van der Waals surface area contributed by atoms with Crippen molar-refractivity contribution in [3.63, 3.8) is 0 Å². The van der Waals surface area contributed by atoms with E-state index in [0.29, 0.717) is 0 Å². The van der Waals surface area contributed by atoms with E-state index < -0.39 is 9.49 Å². The first kappa shape index (κ1) is 16.8. The number of carbonyl (C=O) groups excluding carboxylic acids is 2. The molecule has 2 nitrogen and oxygen atoms in total. The normalized spacial score (nSPS) is 16.3. The molecular weight excluding hydrogens is 312 g/mol. The van der Waals surface area contributed by atoms with Crippen molar-refractivity contribution in [3.8, 4) is 0 Å². The van der Waals surface area contributed by atoms with Crippen molar-refractivity contribution in [3.05, 3.63) is 71.8 Å². The monoisotopic (exact) mass is 330 g/mol. The zero-order valence-corrected chi connectivity index (χ0v) is 14.2. The Balaban J connectivity index is 2.22. The molecule has 0 bridgehead atoms. The van der Waals surface area contributed by atoms with Crippen LogP contribution in [0.3, 0.4) is 0 Å². The highest BCUT2D eigenvalue weighted by atomic mass is 33.1. The van der Waals surface area contributed by atoms with Gasteiger partial charge in [-0.1, -0.05) is 82.3 Å². The van der Waals surface area contributed by atoms with Gasteiger partial charge >= 0.3 is 0 Å². The summed E-state index contributed by atoms with van der Waals surface area (Å²) in [6.45, 7) is 3.76. The van der Waals surface area contributed by atoms with Crippen LogP contribution in [0.15, 0.2) is 60.7 Å². The summed E-state index contributed by atoms with van der Waals surface area (Å²) in [4.78, 5) is 23.3. The zero-order chi connectivity index (χ0) is 16.1. The summed E-state index contributed by atoms with van der Waals surface area (Å²) in [6, 6.07) is 19.2. The summed E-state index contributed by atoms with van der Waals surface area (Å²) in [5.74, 6) is 0. The average Bonchev–Trinajstić information content (AvgIpc) is 2.61. The third-order valence-electron chi connectivity index (χ3n) is 3.53. The van der Waals surface area contributed by atoms with Crippen LogP contribution in [-0.2, 0) is 19.1 Å². The quantitative estimate of drug-likeness (QED) is 0.549. The minimum absolute atomic E-state index is 0.690. The third-order valence-corrected chi connectivity index (χ3v) is 7.30. The molecule has 2 rings (SSSR count). The topological polar surface area (TPSA) is 34.1 Å². The minimum atomic E-state index is -0.690. The summed E-state index contributed by atoms with van der Waals surface area (Å²) in [5, 5.41) is 0. The van der Waals surface area contributed by atoms with Crippen molar-refractivity contribution in [1.29, 1.82) is 0 Å². The Morgan fingerprint density at radius 2 is 1.00 bits per heavy atom. The molecule has 0 heterocycles. The lowest BCUT2D eigenvalue weighted by atomic mass is 10.0. The van der Waals surface area contributed by atoms with Crippen LogP contribution in [-0.4, -0.2) is 12.6 Å². The van der Waals surface area contributed by atoms with Gasteiger partial charge < -0.3 is 9.59 Å². The predicted octanol–water partition coefficient (Wildman–Crippen LogP) is 4.60. The maximum absolute atomic E-state index is 11.6. The van der Waals surface area contributed by atoms with Crippen LogP contribution in [0.1, 0.15) is 25.0 Å². The second kappa shape index (κ2) is 7.16. The summed E-state index contributed by atoms with van der Waals surface area (Å²) in [5.41, 5.74) is 1.87. The fraction of sp³-hybridized carbons (Fsp3) is 0.222. The molecule has 0 aromatic heterocycles. The maximum atomic E-state index is 11.6. The van der Waals surface area contributed by atoms with Gasteiger partial charge in [-0.15, -0.1) is 0 Å². The predicted molar refractivity (Wildman–Crippen MR) is 94.9 cm³/mol. The molecule has 0 saturated carbocycles. The van der Waals surface area contributed by atoms with Crippen molar-refractivity contribution >= 4 is 34.2 Å². The van der Waals surface area contributed by atoms with E-state index >= 15 is 0 Å². The Morgan fingerprint density at radius 3 is 1.27 bits per heavy atom. The minimum Gasteiger partial charge on any atom is -0.301 e. The van der Waals surface area contributed by atoms with Gasteiger partial charge in [0.2, 0.25) is 0 Å². The number of rotatable bonds is 7. The summed E-state index contributed by atoms with van der Waals surface area (Å²) < 4.78 is -1.38. The highest BCUT2D eigenvalue weighted by Crippen LogP contribution is 2.50. The van der Waals surface area contributed by atoms with Gasteiger partial charge in [0.1, 0.15) is 22.1 Å². The average molecular weight is 330 g/mol. The molecule has 114 valence electrons. The van der Waals surface area contributed by atoms with E-state index in [4.69, 9.17) is 0 Å². The van der Waals surface area contributed by atoms with Crippen LogP contribution in [0, 0.1) is 0 Å². The molecule has 0 aliphatic heterocycles. The fourth-order valence-electron chi connectivity index (χ4n) is 1.98. The Hall–Kier alpha value is -1.52. The molecule has 2 atom stereocenters. The lowest BCUT2D eigenvalue weighted by Crippen LogP contribution is -2.22. The Kier molecular flexibility index (Phi) is 5.48. The van der Waals surface area contributed by atoms with Gasteiger partial charge in [-0.05, 0) is 25.0 Å². The van der Waals surface area contributed by atoms with Crippen molar-refractivity contribution in [2.45, 2.75) is 23.3 Å². The van der Waals surface area contributed by atoms with Gasteiger partial charge in [0.15, 0.2) is 0 Å². The second-order valence-corrected chi connectivity index (χ2v) is 8.38. The van der Waals surface area contributed by atoms with Crippen LogP contribution < -0.4 is 0 Å². The van der Waals surface area contributed by atoms with Crippen LogP contribution in [0.5, 0.6) is 0 Å². The van der Waals surface area contributed by atoms with E-state index in [1.54, 1.807) is 0 Å². The number of carbonyl (C=O) groups is 2. The van der Waals surface area contributed by atoms with Gasteiger partial charge in [0.05, 0.1) is 0 Å². The molecule has 2 aromatic rings. The van der Waals surface area contributed by atoms with Gasteiger partial charge in [-0.2, -0.15) is 0 Å². The van der Waals surface area contributed by atoms with Crippen molar-refractivity contribution in [1.82, 2.24) is 0 Å². The summed E-state index contributed by atoms with van der Waals surface area (Å²) in [6.07, 6.45) is 1.88. The largest absolute Gasteiger partial charge is 0.301 e. The molecule has 4 heteroatoms. The SMILES string of the molecule is CC(C=O)(SSC(C)(C=O)c1ccccc1)c1ccccc1. The van der Waals surface area contributed by atoms with E-state index in [9.17, 15) is 9.59 Å². The van der Waals surface area contributed by atoms with Gasteiger partial charge in [-0.25, -0.2) is 0 Å². The van der Waals surface area contributed by atoms with E-state index in [0.717, 1.165) is 23.7 Å². The molecule has 0 amide bonds. The van der Waals surface area contributed by atoms with Gasteiger partial charge in [-0.3, -0.25) is 0 Å². The Morgan fingerprint density at radius 1 is 0.682 bits per heavy atom. The first-order chi connectivity index (χ1) is 10.5. The van der Waals surface area contributed by atoms with Crippen molar-refractivity contribution < 1.29 is 9.59 Å². The molecule has 0 aliphatic rings. The highest BCUT2D eigenvalue weighted by molar-refractivity contribution is 8.77. The van der Waals surface area contributed by atoms with Crippen LogP contribution in [0.2, 0.25) is 0 Å². The van der Waals surface area contributed by atoms with E-state index in [-0.39, 0.29) is 0 Å². The van der Waals surface area contributed by atoms with Gasteiger partial charge in [0.25, 0.3) is 0 Å². The Bertz CT molecular complexity index is 573. The number of hydrogen-bond donors (Lipinski definition) is 0. The molecule has 0 saturated heterocycles. The van der Waals surface area contributed by atoms with Crippen LogP contribution in [0.4, 0.5) is 0 Å². The number of aldehydes is 2. The molecule has 0 aliphatic carbocycles. The lowest BCUT2D eigenvalue weighted by Gasteiger charge is -2.28. The molecule has 0 N–H and O–H groups in total. The van der Waals surface area contributed by atoms with E-state index in [2.05, 4.69) is 0 Å². The molecule has 0 radical (unpaired) electrons. The molecule has 0 spiro atoms. The third kappa shape index (κ3) is 3.62. The second-order valence-electron chi connectivity index (χ2n) is 5.35. The van der Waals surface area contributed by atoms with Crippen LogP contribution >= 0.6 is 21.6 Å². The lowest BCUT2D eigenvalue weighted by molar-refractivity contribution is -0.110. The van der Waals surface area contributed by atoms with Crippen molar-refractivity contribution in [2.24, 2.45) is 0 Å². The number of hydrogen-bond acceptors (Lipinski definition) is 4. The smallest absolute Gasteiger partial charge is 0.141 e. The summed E-state index contributed by atoms with van der Waals surface area (Å²) in [7, 11) is 2.84. The number of benzene rings is 2. The molecule has 22 heavy (non-hydrogen) atoms. The van der Waals surface area contributed by atoms with E-state index in [1.165, 1.54) is 21.6 Å². The van der Waals surface area contributed by atoms with E-state index in [1.807, 2.05) is 74.5 Å². The zero-order valence-electron chi connectivity index (χ0n) is 12.6. The first-order valence-corrected chi connectivity index (χ1v) is 9.09. The Labute approximate surface area is 139 Å². The summed E-state index contributed by atoms with van der Waals surface area (Å²) >= 11 is 0. The molecule has 0 fully saturated rings.